The van der Waals surface area contributed by atoms with E-state index in [1.54, 1.807) is 67.6 Å². The second kappa shape index (κ2) is 11.2. The number of amides is 1. The van der Waals surface area contributed by atoms with Crippen LogP contribution in [0, 0.1) is 12.8 Å². The van der Waals surface area contributed by atoms with Gasteiger partial charge in [-0.1, -0.05) is 37.6 Å². The Hall–Kier alpha value is -3.97. The number of hydrogen-bond donors (Lipinski definition) is 1. The lowest BCUT2D eigenvalue weighted by Gasteiger charge is -2.27. The van der Waals surface area contributed by atoms with E-state index < -0.39 is 17.7 Å². The van der Waals surface area contributed by atoms with E-state index in [9.17, 15) is 14.7 Å². The van der Waals surface area contributed by atoms with E-state index >= 15 is 0 Å². The van der Waals surface area contributed by atoms with Crippen molar-refractivity contribution in [1.82, 2.24) is 0 Å². The van der Waals surface area contributed by atoms with E-state index in [0.717, 1.165) is 0 Å². The van der Waals surface area contributed by atoms with Crippen LogP contribution in [0.2, 0.25) is 5.02 Å². The van der Waals surface area contributed by atoms with Crippen LogP contribution in [0.15, 0.2) is 66.2 Å². The fourth-order valence-electron chi connectivity index (χ4n) is 4.40. The number of anilines is 1. The van der Waals surface area contributed by atoms with Crippen molar-refractivity contribution in [2.24, 2.45) is 5.92 Å². The predicted molar refractivity (Wildman–Crippen MR) is 147 cm³/mol. The van der Waals surface area contributed by atoms with Gasteiger partial charge in [-0.15, -0.1) is 0 Å². The van der Waals surface area contributed by atoms with E-state index in [4.69, 9.17) is 25.8 Å². The second-order valence-electron chi connectivity index (χ2n) is 9.40. The van der Waals surface area contributed by atoms with Crippen molar-refractivity contribution in [3.63, 3.8) is 0 Å². The first-order valence-corrected chi connectivity index (χ1v) is 12.6. The van der Waals surface area contributed by atoms with Crippen LogP contribution in [0.4, 0.5) is 5.69 Å². The zero-order valence-corrected chi connectivity index (χ0v) is 22.7. The van der Waals surface area contributed by atoms with Gasteiger partial charge < -0.3 is 19.3 Å². The Morgan fingerprint density at radius 2 is 1.68 bits per heavy atom. The summed E-state index contributed by atoms with van der Waals surface area (Å²) in [6.45, 7) is 6.43. The fraction of sp³-hybridized carbons (Fsp3) is 0.267. The summed E-state index contributed by atoms with van der Waals surface area (Å²) in [5.74, 6) is 0.0440. The molecule has 0 aromatic heterocycles. The van der Waals surface area contributed by atoms with Crippen LogP contribution < -0.4 is 19.1 Å². The third-order valence-corrected chi connectivity index (χ3v) is 6.79. The molecule has 38 heavy (non-hydrogen) atoms. The largest absolute Gasteiger partial charge is 0.507 e. The number of Topliss-reactive ketones (excluding diaryl/α,β-unsaturated/α-hetero) is 1. The van der Waals surface area contributed by atoms with Gasteiger partial charge in [0.15, 0.2) is 11.5 Å². The quantitative estimate of drug-likeness (QED) is 0.206. The Morgan fingerprint density at radius 3 is 2.32 bits per heavy atom. The van der Waals surface area contributed by atoms with E-state index in [-0.39, 0.29) is 11.3 Å². The van der Waals surface area contributed by atoms with Gasteiger partial charge in [-0.2, -0.15) is 0 Å². The average Bonchev–Trinajstić information content (AvgIpc) is 3.18. The number of ketones is 1. The number of carbonyl (C=O) groups excluding carboxylic acids is 2. The highest BCUT2D eigenvalue weighted by Crippen LogP contribution is 2.45. The summed E-state index contributed by atoms with van der Waals surface area (Å²) in [6.07, 6.45) is 0. The highest BCUT2D eigenvalue weighted by atomic mass is 35.5. The second-order valence-corrected chi connectivity index (χ2v) is 9.80. The van der Waals surface area contributed by atoms with Gasteiger partial charge in [0.2, 0.25) is 0 Å². The van der Waals surface area contributed by atoms with Crippen LogP contribution in [0.5, 0.6) is 17.2 Å². The number of aliphatic hydroxyl groups is 1. The van der Waals surface area contributed by atoms with Crippen molar-refractivity contribution in [3.8, 4) is 17.2 Å². The first-order chi connectivity index (χ1) is 18.2. The summed E-state index contributed by atoms with van der Waals surface area (Å²) in [4.78, 5) is 28.3. The minimum absolute atomic E-state index is 0.0440. The number of aliphatic hydroxyl groups excluding tert-OH is 1. The van der Waals surface area contributed by atoms with E-state index in [1.807, 2.05) is 0 Å². The van der Waals surface area contributed by atoms with Crippen LogP contribution in [0.25, 0.3) is 5.76 Å². The molecule has 0 saturated carbocycles. The molecule has 4 rings (SSSR count). The molecule has 8 heteroatoms. The van der Waals surface area contributed by atoms with Crippen LogP contribution in [0.3, 0.4) is 0 Å². The molecule has 1 amide bonds. The maximum absolute atomic E-state index is 13.5. The summed E-state index contributed by atoms with van der Waals surface area (Å²) >= 11 is 6.38. The number of methoxy groups -OCH3 is 2. The zero-order chi connectivity index (χ0) is 27.6. The van der Waals surface area contributed by atoms with Gasteiger partial charge >= 0.3 is 0 Å². The van der Waals surface area contributed by atoms with Crippen molar-refractivity contribution < 1.29 is 28.9 Å². The number of nitrogens with zero attached hydrogens (tertiary/aromatic N) is 1. The third-order valence-electron chi connectivity index (χ3n) is 6.38. The molecule has 1 unspecified atom stereocenters. The molecule has 1 aliphatic rings. The Balaban J connectivity index is 1.89. The normalized spacial score (nSPS) is 16.7. The Bertz CT molecular complexity index is 1400. The van der Waals surface area contributed by atoms with Gasteiger partial charge in [0.1, 0.15) is 11.5 Å². The topological polar surface area (TPSA) is 85.3 Å². The van der Waals surface area contributed by atoms with Gasteiger partial charge in [0.05, 0.1) is 32.4 Å². The predicted octanol–water partition coefficient (Wildman–Crippen LogP) is 6.33. The standard InChI is InChI=1S/C30H30ClNO6/c1-17(2)16-38-21-12-9-19(10-13-21)28(33)26-27(20-11-14-24(36-4)25(15-20)37-5)32(30(35)29(26)34)23-8-6-7-22(31)18(23)3/h6-15,17,27,33H,16H2,1-5H3/b28-26+. The molecule has 1 heterocycles. The third kappa shape index (κ3) is 5.07. The molecule has 0 radical (unpaired) electrons. The van der Waals surface area contributed by atoms with Gasteiger partial charge in [0, 0.05) is 16.3 Å². The molecule has 1 saturated heterocycles. The maximum Gasteiger partial charge on any atom is 0.300 e. The van der Waals surface area contributed by atoms with Crippen molar-refractivity contribution in [2.75, 3.05) is 25.7 Å². The fourth-order valence-corrected chi connectivity index (χ4v) is 4.57. The first-order valence-electron chi connectivity index (χ1n) is 12.2. The van der Waals surface area contributed by atoms with E-state index in [2.05, 4.69) is 13.8 Å². The smallest absolute Gasteiger partial charge is 0.300 e. The van der Waals surface area contributed by atoms with Crippen LogP contribution in [-0.4, -0.2) is 37.6 Å². The Labute approximate surface area is 227 Å². The minimum atomic E-state index is -0.941. The molecule has 1 atom stereocenters. The van der Waals surface area contributed by atoms with Crippen molar-refractivity contribution >= 4 is 34.7 Å². The number of benzene rings is 3. The summed E-state index contributed by atoms with van der Waals surface area (Å²) in [5, 5.41) is 11.9. The van der Waals surface area contributed by atoms with Crippen molar-refractivity contribution in [1.29, 1.82) is 0 Å². The first kappa shape index (κ1) is 27.1. The van der Waals surface area contributed by atoms with Gasteiger partial charge in [-0.05, 0) is 72.5 Å². The highest BCUT2D eigenvalue weighted by Gasteiger charge is 2.47. The molecule has 198 valence electrons. The number of ether oxygens (including phenoxy) is 3. The molecule has 7 nitrogen and oxygen atoms in total. The van der Waals surface area contributed by atoms with Crippen molar-refractivity contribution in [3.05, 3.63) is 87.9 Å². The van der Waals surface area contributed by atoms with Gasteiger partial charge in [0.25, 0.3) is 11.7 Å². The number of hydrogen-bond acceptors (Lipinski definition) is 6. The number of carbonyl (C=O) groups is 2. The monoisotopic (exact) mass is 535 g/mol. The molecule has 0 spiro atoms. The van der Waals surface area contributed by atoms with Crippen LogP contribution >= 0.6 is 11.6 Å². The summed E-state index contributed by atoms with van der Waals surface area (Å²) < 4.78 is 16.6. The Morgan fingerprint density at radius 1 is 1.00 bits per heavy atom. The minimum Gasteiger partial charge on any atom is -0.507 e. The molecule has 1 aliphatic heterocycles. The maximum atomic E-state index is 13.5. The summed E-state index contributed by atoms with van der Waals surface area (Å²) in [5.41, 5.74) is 1.99. The Kier molecular flexibility index (Phi) is 7.97. The lowest BCUT2D eigenvalue weighted by atomic mass is 9.94. The van der Waals surface area contributed by atoms with E-state index in [1.165, 1.54) is 19.1 Å². The zero-order valence-electron chi connectivity index (χ0n) is 21.9. The van der Waals surface area contributed by atoms with Crippen molar-refractivity contribution in [2.45, 2.75) is 26.8 Å². The number of halogens is 1. The molecule has 1 fully saturated rings. The lowest BCUT2D eigenvalue weighted by molar-refractivity contribution is -0.132. The molecule has 1 N–H and O–H groups in total. The van der Waals surface area contributed by atoms with E-state index in [0.29, 0.717) is 57.2 Å². The molecule has 0 aliphatic carbocycles. The molecular weight excluding hydrogens is 506 g/mol. The SMILES string of the molecule is COc1ccc(C2/C(=C(\O)c3ccc(OCC(C)C)cc3)C(=O)C(=O)N2c2cccc(Cl)c2C)cc1OC. The average molecular weight is 536 g/mol. The number of rotatable bonds is 8. The van der Waals surface area contributed by atoms with Crippen LogP contribution in [0.1, 0.15) is 36.6 Å². The summed E-state index contributed by atoms with van der Waals surface area (Å²) in [7, 11) is 3.02. The molecular formula is C30H30ClNO6. The highest BCUT2D eigenvalue weighted by molar-refractivity contribution is 6.52. The summed E-state index contributed by atoms with van der Waals surface area (Å²) in [6, 6.07) is 16.1. The molecule has 3 aromatic carbocycles. The molecule has 0 bridgehead atoms. The van der Waals surface area contributed by atoms with Crippen LogP contribution in [-0.2, 0) is 9.59 Å². The molecule has 3 aromatic rings. The van der Waals surface area contributed by atoms with Gasteiger partial charge in [-0.25, -0.2) is 0 Å². The lowest BCUT2D eigenvalue weighted by Crippen LogP contribution is -2.30. The van der Waals surface area contributed by atoms with Gasteiger partial charge in [-0.3, -0.25) is 14.5 Å².